The zero-order valence-electron chi connectivity index (χ0n) is 25.3. The highest BCUT2D eigenvalue weighted by atomic mass is 32.1. The van der Waals surface area contributed by atoms with Crippen molar-refractivity contribution < 1.29 is 33.5 Å². The second kappa shape index (κ2) is 12.9. The van der Waals surface area contributed by atoms with Crippen LogP contribution in [0.25, 0.3) is 21.5 Å². The molecule has 12 nitrogen and oxygen atoms in total. The van der Waals surface area contributed by atoms with Gasteiger partial charge in [0.1, 0.15) is 6.04 Å². The number of amidine groups is 1. The summed E-state index contributed by atoms with van der Waals surface area (Å²) in [6, 6.07) is 17.9. The largest absolute Gasteiger partial charge is 0.347 e. The van der Waals surface area contributed by atoms with Gasteiger partial charge in [0.25, 0.3) is 5.91 Å². The summed E-state index contributed by atoms with van der Waals surface area (Å²) in [7, 11) is 0. The van der Waals surface area contributed by atoms with E-state index in [0.29, 0.717) is 24.3 Å². The van der Waals surface area contributed by atoms with Crippen LogP contribution in [0, 0.1) is 5.41 Å². The van der Waals surface area contributed by atoms with Crippen molar-refractivity contribution in [2.24, 2.45) is 0 Å². The minimum Gasteiger partial charge on any atom is -0.347 e. The van der Waals surface area contributed by atoms with Gasteiger partial charge in [-0.25, -0.2) is 5.48 Å². The van der Waals surface area contributed by atoms with Crippen molar-refractivity contribution in [2.45, 2.75) is 38.1 Å². The zero-order chi connectivity index (χ0) is 32.4. The molecule has 4 aromatic rings. The first-order valence-corrected chi connectivity index (χ1v) is 15.7. The van der Waals surface area contributed by atoms with Crippen LogP contribution in [-0.4, -0.2) is 72.6 Å². The second-order valence-electron chi connectivity index (χ2n) is 11.3. The summed E-state index contributed by atoms with van der Waals surface area (Å²) < 4.78 is 11.7. The first-order valence-electron chi connectivity index (χ1n) is 14.8. The number of nitrogens with one attached hydrogen (secondary N) is 4. The molecule has 4 N–H and O–H groups in total. The van der Waals surface area contributed by atoms with Gasteiger partial charge in [0, 0.05) is 34.7 Å². The van der Waals surface area contributed by atoms with Crippen molar-refractivity contribution in [1.29, 1.82) is 5.41 Å². The molecular formula is C33H33N5O7S. The lowest BCUT2D eigenvalue weighted by Crippen LogP contribution is -2.49. The fourth-order valence-electron chi connectivity index (χ4n) is 5.76. The number of hydrogen-bond donors (Lipinski definition) is 4. The van der Waals surface area contributed by atoms with Crippen LogP contribution in [0.5, 0.6) is 0 Å². The molecule has 46 heavy (non-hydrogen) atoms. The van der Waals surface area contributed by atoms with Gasteiger partial charge in [0.15, 0.2) is 11.6 Å². The lowest BCUT2D eigenvalue weighted by atomic mass is 10.0. The summed E-state index contributed by atoms with van der Waals surface area (Å²) in [6.45, 7) is 3.47. The first kappa shape index (κ1) is 31.1. The molecule has 1 unspecified atom stereocenters. The number of hydroxylamine groups is 1. The highest BCUT2D eigenvalue weighted by Gasteiger charge is 2.52. The molecule has 238 valence electrons. The number of carbonyl (C=O) groups is 4. The Kier molecular flexibility index (Phi) is 8.71. The van der Waals surface area contributed by atoms with E-state index >= 15 is 0 Å². The van der Waals surface area contributed by atoms with Gasteiger partial charge in [-0.15, -0.1) is 11.3 Å². The number of hydrogen-bond acceptors (Lipinski definition) is 9. The molecule has 0 bridgehead atoms. The molecule has 0 radical (unpaired) electrons. The average molecular weight is 644 g/mol. The van der Waals surface area contributed by atoms with Crippen LogP contribution < -0.4 is 16.1 Å². The first-order chi connectivity index (χ1) is 22.1. The average Bonchev–Trinajstić information content (AvgIpc) is 3.82. The Morgan fingerprint density at radius 1 is 1.00 bits per heavy atom. The predicted molar refractivity (Wildman–Crippen MR) is 171 cm³/mol. The molecular weight excluding hydrogens is 610 g/mol. The fraction of sp³-hybridized carbons (Fsp3) is 0.303. The molecule has 2 aliphatic rings. The Morgan fingerprint density at radius 3 is 2.41 bits per heavy atom. The van der Waals surface area contributed by atoms with E-state index in [-0.39, 0.29) is 25.3 Å². The molecule has 2 saturated heterocycles. The van der Waals surface area contributed by atoms with E-state index in [0.717, 1.165) is 26.4 Å². The van der Waals surface area contributed by atoms with Gasteiger partial charge in [-0.3, -0.25) is 24.6 Å². The number of benzene rings is 3. The Labute approximate surface area is 268 Å². The van der Waals surface area contributed by atoms with E-state index in [2.05, 4.69) is 27.0 Å². The van der Waals surface area contributed by atoms with Gasteiger partial charge in [-0.2, -0.15) is 0 Å². The third-order valence-corrected chi connectivity index (χ3v) is 9.20. The number of thiophene rings is 1. The normalized spacial score (nSPS) is 17.6. The molecule has 6 rings (SSSR count). The van der Waals surface area contributed by atoms with Crippen molar-refractivity contribution in [3.63, 3.8) is 0 Å². The number of likely N-dealkylation sites (tertiary alicyclic amines) is 1. The topological polar surface area (TPSA) is 159 Å². The van der Waals surface area contributed by atoms with Crippen molar-refractivity contribution in [1.82, 2.24) is 21.0 Å². The summed E-state index contributed by atoms with van der Waals surface area (Å²) in [5, 5.41) is 19.5. The Morgan fingerprint density at radius 2 is 1.70 bits per heavy atom. The van der Waals surface area contributed by atoms with Crippen LogP contribution in [0.3, 0.4) is 0 Å². The number of nitrogens with zero attached hydrogens (tertiary/aromatic N) is 1. The van der Waals surface area contributed by atoms with E-state index in [1.165, 1.54) is 23.2 Å². The maximum absolute atomic E-state index is 13.6. The minimum atomic E-state index is -1.08. The smallest absolute Gasteiger partial charge is 0.329 e. The molecule has 1 aromatic heterocycles. The SMILES string of the molecule is CC(=O)ONC(=N)c1csc([C@@H](C)NC(=O)C2CC3(CN2C(=O)CNC(=O)c2ccc4cc5ccccc5cc4c2)OCCO3)c1. The second-order valence-corrected chi connectivity index (χ2v) is 12.3. The van der Waals surface area contributed by atoms with Crippen molar-refractivity contribution in [2.75, 3.05) is 26.3 Å². The Hall–Kier alpha value is -4.85. The van der Waals surface area contributed by atoms with Gasteiger partial charge >= 0.3 is 5.97 Å². The molecule has 13 heteroatoms. The molecule has 0 aliphatic carbocycles. The fourth-order valence-corrected chi connectivity index (χ4v) is 6.66. The maximum atomic E-state index is 13.6. The predicted octanol–water partition coefficient (Wildman–Crippen LogP) is 3.40. The van der Waals surface area contributed by atoms with E-state index in [9.17, 15) is 19.2 Å². The van der Waals surface area contributed by atoms with E-state index in [1.54, 1.807) is 30.5 Å². The van der Waals surface area contributed by atoms with Crippen molar-refractivity contribution in [3.8, 4) is 0 Å². The van der Waals surface area contributed by atoms with Crippen molar-refractivity contribution in [3.05, 3.63) is 82.0 Å². The van der Waals surface area contributed by atoms with Crippen LogP contribution in [0.15, 0.2) is 66.0 Å². The molecule has 3 heterocycles. The number of rotatable bonds is 7. The maximum Gasteiger partial charge on any atom is 0.329 e. The van der Waals surface area contributed by atoms with E-state index in [4.69, 9.17) is 14.9 Å². The molecule has 0 saturated carbocycles. The van der Waals surface area contributed by atoms with Gasteiger partial charge in [0.05, 0.1) is 32.3 Å². The number of carbonyl (C=O) groups excluding carboxylic acids is 4. The number of amides is 3. The summed E-state index contributed by atoms with van der Waals surface area (Å²) in [5.74, 6) is -2.99. The van der Waals surface area contributed by atoms with Gasteiger partial charge in [-0.1, -0.05) is 30.3 Å². The van der Waals surface area contributed by atoms with E-state index in [1.807, 2.05) is 36.4 Å². The molecule has 2 atom stereocenters. The van der Waals surface area contributed by atoms with Crippen LogP contribution in [0.4, 0.5) is 0 Å². The third kappa shape index (κ3) is 6.57. The summed E-state index contributed by atoms with van der Waals surface area (Å²) in [4.78, 5) is 58.0. The lowest BCUT2D eigenvalue weighted by Gasteiger charge is -2.25. The molecule has 3 aromatic carbocycles. The van der Waals surface area contributed by atoms with Crippen LogP contribution >= 0.6 is 11.3 Å². The van der Waals surface area contributed by atoms with Crippen LogP contribution in [0.2, 0.25) is 0 Å². The van der Waals surface area contributed by atoms with Gasteiger partial charge in [-0.05, 0) is 58.8 Å². The van der Waals surface area contributed by atoms with Gasteiger partial charge in [0.2, 0.25) is 11.8 Å². The molecule has 2 aliphatic heterocycles. The summed E-state index contributed by atoms with van der Waals surface area (Å²) in [6.07, 6.45) is 0.149. The number of fused-ring (bicyclic) bond motifs is 2. The summed E-state index contributed by atoms with van der Waals surface area (Å²) >= 11 is 1.33. The highest BCUT2D eigenvalue weighted by molar-refractivity contribution is 7.10. The van der Waals surface area contributed by atoms with Crippen LogP contribution in [-0.2, 0) is 28.7 Å². The quantitative estimate of drug-likeness (QED) is 0.103. The standard InChI is InChI=1S/C33H33N5O7S/c1-19(28-14-26(17-46-28)30(34)37-45-20(2)39)36-32(42)27-15-33(43-9-10-44-33)18-38(27)29(40)16-35-31(41)24-8-7-23-11-21-5-3-4-6-22(21)12-25(23)13-24/h3-8,11-14,17,19,27H,9-10,15-16,18H2,1-2H3,(H2,34,37)(H,35,41)(H,36,42)/t19-,27?/m1/s1. The Bertz CT molecular complexity index is 1850. The van der Waals surface area contributed by atoms with E-state index < -0.39 is 41.6 Å². The zero-order valence-corrected chi connectivity index (χ0v) is 26.1. The number of ether oxygens (including phenoxy) is 2. The lowest BCUT2D eigenvalue weighted by molar-refractivity contribution is -0.152. The highest BCUT2D eigenvalue weighted by Crippen LogP contribution is 2.35. The monoisotopic (exact) mass is 643 g/mol. The third-order valence-electron chi connectivity index (χ3n) is 8.09. The van der Waals surface area contributed by atoms with Crippen molar-refractivity contribution >= 4 is 62.4 Å². The molecule has 2 fully saturated rings. The molecule has 3 amide bonds. The Balaban J connectivity index is 1.11. The van der Waals surface area contributed by atoms with Crippen LogP contribution in [0.1, 0.15) is 47.1 Å². The summed E-state index contributed by atoms with van der Waals surface area (Å²) in [5.41, 5.74) is 3.19. The van der Waals surface area contributed by atoms with Gasteiger partial charge < -0.3 is 29.8 Å². The minimum absolute atomic E-state index is 0.0549. The molecule has 1 spiro atoms.